The molecule has 36 heavy (non-hydrogen) atoms. The summed E-state index contributed by atoms with van der Waals surface area (Å²) >= 11 is 6.06. The van der Waals surface area contributed by atoms with Gasteiger partial charge in [-0.3, -0.25) is 14.6 Å². The zero-order valence-electron chi connectivity index (χ0n) is 19.4. The van der Waals surface area contributed by atoms with Gasteiger partial charge >= 0.3 is 0 Å². The Morgan fingerprint density at radius 1 is 1.03 bits per heavy atom. The zero-order valence-corrected chi connectivity index (χ0v) is 20.2. The third-order valence-corrected chi connectivity index (χ3v) is 6.23. The minimum atomic E-state index is -0.389. The minimum Gasteiger partial charge on any atom is -0.454 e. The number of para-hydroxylation sites is 1. The van der Waals surface area contributed by atoms with E-state index in [0.717, 1.165) is 22.7 Å². The SMILES string of the molecule is O=C(CN(/N=C/c1cccc(Cl)c1)C(=O)c1ccncc1)N1CCN(c2cccc3c2OCO3)CC1. The van der Waals surface area contributed by atoms with Gasteiger partial charge in [-0.15, -0.1) is 0 Å². The molecule has 0 atom stereocenters. The van der Waals surface area contributed by atoms with E-state index < -0.39 is 0 Å². The molecule has 3 aromatic rings. The van der Waals surface area contributed by atoms with Gasteiger partial charge in [-0.1, -0.05) is 29.8 Å². The van der Waals surface area contributed by atoms with Gasteiger partial charge in [0.1, 0.15) is 6.54 Å². The molecule has 0 unspecified atom stereocenters. The van der Waals surface area contributed by atoms with Crippen LogP contribution in [0.3, 0.4) is 0 Å². The summed E-state index contributed by atoms with van der Waals surface area (Å²) in [5.74, 6) is 0.897. The van der Waals surface area contributed by atoms with Gasteiger partial charge in [0, 0.05) is 49.2 Å². The van der Waals surface area contributed by atoms with Crippen LogP contribution in [-0.4, -0.2) is 72.4 Å². The van der Waals surface area contributed by atoms with Crippen LogP contribution in [0.15, 0.2) is 72.1 Å². The topological polar surface area (TPSA) is 87.6 Å². The first-order valence-electron chi connectivity index (χ1n) is 11.5. The fraction of sp³-hybridized carbons (Fsp3) is 0.231. The molecule has 2 aromatic carbocycles. The Kier molecular flexibility index (Phi) is 6.99. The number of nitrogens with zero attached hydrogens (tertiary/aromatic N) is 5. The lowest BCUT2D eigenvalue weighted by molar-refractivity contribution is -0.132. The molecule has 184 valence electrons. The van der Waals surface area contributed by atoms with Crippen LogP contribution in [0, 0.1) is 0 Å². The van der Waals surface area contributed by atoms with Gasteiger partial charge in [-0.25, -0.2) is 5.01 Å². The summed E-state index contributed by atoms with van der Waals surface area (Å²) in [5, 5.41) is 6.08. The normalized spacial score (nSPS) is 14.8. The van der Waals surface area contributed by atoms with Crippen LogP contribution in [0.1, 0.15) is 15.9 Å². The van der Waals surface area contributed by atoms with Crippen molar-refractivity contribution in [2.45, 2.75) is 0 Å². The Morgan fingerprint density at radius 3 is 2.58 bits per heavy atom. The zero-order chi connectivity index (χ0) is 24.9. The molecule has 10 heteroatoms. The van der Waals surface area contributed by atoms with Crippen molar-refractivity contribution < 1.29 is 19.1 Å². The van der Waals surface area contributed by atoms with Gasteiger partial charge in [0.05, 0.1) is 11.9 Å². The van der Waals surface area contributed by atoms with Crippen LogP contribution >= 0.6 is 11.6 Å². The Labute approximate surface area is 213 Å². The molecule has 0 spiro atoms. The molecule has 1 saturated heterocycles. The number of ether oxygens (including phenoxy) is 2. The monoisotopic (exact) mass is 505 g/mol. The van der Waals surface area contributed by atoms with E-state index in [0.29, 0.717) is 36.8 Å². The molecular formula is C26H24ClN5O4. The number of hydrazone groups is 1. The van der Waals surface area contributed by atoms with Crippen molar-refractivity contribution in [1.29, 1.82) is 0 Å². The van der Waals surface area contributed by atoms with Crippen LogP contribution in [0.2, 0.25) is 5.02 Å². The summed E-state index contributed by atoms with van der Waals surface area (Å²) in [7, 11) is 0. The van der Waals surface area contributed by atoms with E-state index in [1.165, 1.54) is 23.6 Å². The molecule has 3 heterocycles. The van der Waals surface area contributed by atoms with Gasteiger partial charge in [-0.2, -0.15) is 5.10 Å². The molecule has 0 saturated carbocycles. The second-order valence-corrected chi connectivity index (χ2v) is 8.71. The molecule has 2 aliphatic rings. The van der Waals surface area contributed by atoms with E-state index in [9.17, 15) is 9.59 Å². The van der Waals surface area contributed by atoms with Crippen molar-refractivity contribution in [3.8, 4) is 11.5 Å². The summed E-state index contributed by atoms with van der Waals surface area (Å²) in [6, 6.07) is 16.1. The molecule has 2 amide bonds. The van der Waals surface area contributed by atoms with E-state index in [-0.39, 0.29) is 25.2 Å². The van der Waals surface area contributed by atoms with Gasteiger partial charge in [0.25, 0.3) is 5.91 Å². The largest absolute Gasteiger partial charge is 0.454 e. The molecule has 9 nitrogen and oxygen atoms in total. The smallest absolute Gasteiger partial charge is 0.274 e. The van der Waals surface area contributed by atoms with E-state index in [2.05, 4.69) is 15.0 Å². The fourth-order valence-corrected chi connectivity index (χ4v) is 4.32. The fourth-order valence-electron chi connectivity index (χ4n) is 4.12. The van der Waals surface area contributed by atoms with Crippen molar-refractivity contribution in [3.05, 3.63) is 83.1 Å². The minimum absolute atomic E-state index is 0.182. The number of fused-ring (bicyclic) bond motifs is 1. The summed E-state index contributed by atoms with van der Waals surface area (Å²) in [6.07, 6.45) is 4.58. The maximum Gasteiger partial charge on any atom is 0.274 e. The highest BCUT2D eigenvalue weighted by atomic mass is 35.5. The number of pyridine rings is 1. The lowest BCUT2D eigenvalue weighted by Crippen LogP contribution is -2.51. The first kappa shape index (κ1) is 23.6. The Hall–Kier alpha value is -4.11. The van der Waals surface area contributed by atoms with Crippen LogP contribution in [0.25, 0.3) is 0 Å². The first-order chi connectivity index (χ1) is 17.6. The van der Waals surface area contributed by atoms with E-state index in [1.807, 2.05) is 24.3 Å². The second-order valence-electron chi connectivity index (χ2n) is 8.28. The number of carbonyl (C=O) groups excluding carboxylic acids is 2. The summed E-state index contributed by atoms with van der Waals surface area (Å²) in [6.45, 7) is 2.32. The molecule has 0 radical (unpaired) electrons. The third-order valence-electron chi connectivity index (χ3n) is 5.99. The van der Waals surface area contributed by atoms with Gasteiger partial charge in [0.2, 0.25) is 12.7 Å². The highest BCUT2D eigenvalue weighted by molar-refractivity contribution is 6.30. The quantitative estimate of drug-likeness (QED) is 0.377. The number of carbonyl (C=O) groups is 2. The van der Waals surface area contributed by atoms with Gasteiger partial charge in [-0.05, 0) is 42.0 Å². The molecule has 0 bridgehead atoms. The number of hydrogen-bond donors (Lipinski definition) is 0. The lowest BCUT2D eigenvalue weighted by Gasteiger charge is -2.36. The average Bonchev–Trinajstić information content (AvgIpc) is 3.40. The van der Waals surface area contributed by atoms with Crippen LogP contribution in [0.4, 0.5) is 5.69 Å². The average molecular weight is 506 g/mol. The highest BCUT2D eigenvalue weighted by Gasteiger charge is 2.28. The van der Waals surface area contributed by atoms with Crippen molar-refractivity contribution in [2.24, 2.45) is 5.10 Å². The maximum absolute atomic E-state index is 13.2. The number of hydrogen-bond acceptors (Lipinski definition) is 7. The Morgan fingerprint density at radius 2 is 1.81 bits per heavy atom. The predicted molar refractivity (Wildman–Crippen MR) is 136 cm³/mol. The molecular weight excluding hydrogens is 482 g/mol. The number of aromatic nitrogens is 1. The Balaban J connectivity index is 1.27. The number of piperazine rings is 1. The van der Waals surface area contributed by atoms with Crippen molar-refractivity contribution in [3.63, 3.8) is 0 Å². The number of rotatable bonds is 6. The molecule has 5 rings (SSSR count). The summed E-state index contributed by atoms with van der Waals surface area (Å²) < 4.78 is 11.1. The second kappa shape index (κ2) is 10.7. The third kappa shape index (κ3) is 5.26. The highest BCUT2D eigenvalue weighted by Crippen LogP contribution is 2.41. The van der Waals surface area contributed by atoms with E-state index >= 15 is 0 Å². The van der Waals surface area contributed by atoms with Crippen molar-refractivity contribution in [1.82, 2.24) is 14.9 Å². The predicted octanol–water partition coefficient (Wildman–Crippen LogP) is 3.29. The molecule has 0 N–H and O–H groups in total. The number of anilines is 1. The standard InChI is InChI=1S/C26H24ClN5O4/c27-21-4-1-3-19(15-21)16-29-32(26(34)20-7-9-28-10-8-20)17-24(33)31-13-11-30(12-14-31)22-5-2-6-23-25(22)36-18-35-23/h1-10,15-16H,11-14,17-18H2/b29-16+. The number of halogens is 1. The van der Waals surface area contributed by atoms with Crippen LogP contribution < -0.4 is 14.4 Å². The molecule has 2 aliphatic heterocycles. The molecule has 0 aliphatic carbocycles. The van der Waals surface area contributed by atoms with Gasteiger partial charge in [0.15, 0.2) is 11.5 Å². The summed E-state index contributed by atoms with van der Waals surface area (Å²) in [4.78, 5) is 34.2. The lowest BCUT2D eigenvalue weighted by atomic mass is 10.2. The van der Waals surface area contributed by atoms with E-state index in [1.54, 1.807) is 35.2 Å². The summed E-state index contributed by atoms with van der Waals surface area (Å²) in [5.41, 5.74) is 2.07. The first-order valence-corrected chi connectivity index (χ1v) is 11.9. The van der Waals surface area contributed by atoms with E-state index in [4.69, 9.17) is 21.1 Å². The molecule has 1 fully saturated rings. The van der Waals surface area contributed by atoms with Crippen LogP contribution in [-0.2, 0) is 4.79 Å². The van der Waals surface area contributed by atoms with Crippen molar-refractivity contribution in [2.75, 3.05) is 44.4 Å². The maximum atomic E-state index is 13.2. The Bertz CT molecular complexity index is 1280. The number of amides is 2. The van der Waals surface area contributed by atoms with Crippen LogP contribution in [0.5, 0.6) is 11.5 Å². The molecule has 1 aromatic heterocycles. The van der Waals surface area contributed by atoms with Gasteiger partial charge < -0.3 is 19.3 Å². The number of benzene rings is 2. The van der Waals surface area contributed by atoms with Crippen molar-refractivity contribution >= 4 is 35.3 Å².